The van der Waals surface area contributed by atoms with Crippen LogP contribution < -0.4 is 10.6 Å². The third-order valence-corrected chi connectivity index (χ3v) is 7.12. The SMILES string of the molecule is C=CCn1c(SCC(=O)Nc2nc(-c3ccccc3)cs2)nnc1[C@H](C)NC(=O)c1ccccc1Cl. The van der Waals surface area contributed by atoms with Crippen molar-refractivity contribution in [3.8, 4) is 11.3 Å². The third kappa shape index (κ3) is 6.20. The Kier molecular flexibility index (Phi) is 8.52. The number of benzene rings is 2. The highest BCUT2D eigenvalue weighted by Crippen LogP contribution is 2.26. The van der Waals surface area contributed by atoms with Crippen molar-refractivity contribution in [3.05, 3.63) is 89.0 Å². The number of carbonyl (C=O) groups is 2. The molecule has 0 aliphatic heterocycles. The van der Waals surface area contributed by atoms with E-state index in [0.717, 1.165) is 11.3 Å². The molecule has 4 aromatic rings. The molecule has 184 valence electrons. The van der Waals surface area contributed by atoms with E-state index in [4.69, 9.17) is 11.6 Å². The van der Waals surface area contributed by atoms with Crippen LogP contribution in [-0.4, -0.2) is 37.3 Å². The summed E-state index contributed by atoms with van der Waals surface area (Å²) in [6.07, 6.45) is 1.71. The van der Waals surface area contributed by atoms with Crippen molar-refractivity contribution in [1.29, 1.82) is 0 Å². The highest BCUT2D eigenvalue weighted by Gasteiger charge is 2.21. The Hall–Kier alpha value is -3.47. The molecule has 2 amide bonds. The summed E-state index contributed by atoms with van der Waals surface area (Å²) in [5.41, 5.74) is 2.18. The summed E-state index contributed by atoms with van der Waals surface area (Å²) in [7, 11) is 0. The van der Waals surface area contributed by atoms with E-state index in [-0.39, 0.29) is 17.6 Å². The molecule has 36 heavy (non-hydrogen) atoms. The van der Waals surface area contributed by atoms with Gasteiger partial charge in [0, 0.05) is 17.5 Å². The molecule has 0 saturated heterocycles. The second kappa shape index (κ2) is 12.0. The maximum atomic E-state index is 12.7. The number of hydrogen-bond donors (Lipinski definition) is 2. The van der Waals surface area contributed by atoms with Gasteiger partial charge in [-0.2, -0.15) is 0 Å². The first-order valence-corrected chi connectivity index (χ1v) is 13.2. The summed E-state index contributed by atoms with van der Waals surface area (Å²) in [6.45, 7) is 6.03. The number of aromatic nitrogens is 4. The molecule has 0 fully saturated rings. The van der Waals surface area contributed by atoms with E-state index in [1.807, 2.05) is 47.2 Å². The van der Waals surface area contributed by atoms with E-state index in [1.54, 1.807) is 30.3 Å². The van der Waals surface area contributed by atoms with Crippen molar-refractivity contribution >= 4 is 51.6 Å². The van der Waals surface area contributed by atoms with E-state index < -0.39 is 6.04 Å². The third-order valence-electron chi connectivity index (χ3n) is 5.06. The first-order valence-electron chi connectivity index (χ1n) is 11.0. The van der Waals surface area contributed by atoms with Crippen molar-refractivity contribution in [3.63, 3.8) is 0 Å². The van der Waals surface area contributed by atoms with Gasteiger partial charge < -0.3 is 15.2 Å². The molecule has 0 radical (unpaired) electrons. The Morgan fingerprint density at radius 2 is 1.92 bits per heavy atom. The van der Waals surface area contributed by atoms with Crippen LogP contribution >= 0.6 is 34.7 Å². The minimum atomic E-state index is -0.448. The lowest BCUT2D eigenvalue weighted by molar-refractivity contribution is -0.113. The van der Waals surface area contributed by atoms with E-state index >= 15 is 0 Å². The summed E-state index contributed by atoms with van der Waals surface area (Å²) in [5, 5.41) is 17.6. The highest BCUT2D eigenvalue weighted by molar-refractivity contribution is 7.99. The Balaban J connectivity index is 1.39. The molecule has 2 N–H and O–H groups in total. The topological polar surface area (TPSA) is 102 Å². The van der Waals surface area contributed by atoms with Crippen LogP contribution in [0.25, 0.3) is 11.3 Å². The van der Waals surface area contributed by atoms with Crippen LogP contribution in [0.3, 0.4) is 0 Å². The molecule has 0 spiro atoms. The van der Waals surface area contributed by atoms with E-state index in [0.29, 0.717) is 33.2 Å². The van der Waals surface area contributed by atoms with Crippen LogP contribution in [0.4, 0.5) is 5.13 Å². The van der Waals surface area contributed by atoms with E-state index in [2.05, 4.69) is 32.4 Å². The van der Waals surface area contributed by atoms with Crippen LogP contribution in [0.2, 0.25) is 5.02 Å². The van der Waals surface area contributed by atoms with Crippen LogP contribution in [0.5, 0.6) is 0 Å². The second-order valence-electron chi connectivity index (χ2n) is 7.66. The van der Waals surface area contributed by atoms with Gasteiger partial charge in [0.2, 0.25) is 5.91 Å². The van der Waals surface area contributed by atoms with Crippen LogP contribution in [0, 0.1) is 0 Å². The fourth-order valence-electron chi connectivity index (χ4n) is 3.37. The Bertz CT molecular complexity index is 1370. The zero-order valence-electron chi connectivity index (χ0n) is 19.3. The fraction of sp³-hybridized carbons (Fsp3) is 0.160. The van der Waals surface area contributed by atoms with Gasteiger partial charge in [-0.25, -0.2) is 4.98 Å². The van der Waals surface area contributed by atoms with Gasteiger partial charge in [0.05, 0.1) is 28.1 Å². The zero-order valence-corrected chi connectivity index (χ0v) is 21.7. The van der Waals surface area contributed by atoms with Crippen molar-refractivity contribution < 1.29 is 9.59 Å². The Morgan fingerprint density at radius 3 is 2.67 bits per heavy atom. The number of thiazole rings is 1. The lowest BCUT2D eigenvalue weighted by atomic mass is 10.2. The lowest BCUT2D eigenvalue weighted by Crippen LogP contribution is -2.29. The monoisotopic (exact) mass is 538 g/mol. The Labute approximate surface area is 221 Å². The molecular weight excluding hydrogens is 516 g/mol. The molecule has 0 saturated carbocycles. The maximum absolute atomic E-state index is 12.7. The van der Waals surface area contributed by atoms with Gasteiger partial charge in [-0.1, -0.05) is 71.9 Å². The molecule has 2 aromatic carbocycles. The number of amides is 2. The molecular formula is C25H23ClN6O2S2. The lowest BCUT2D eigenvalue weighted by Gasteiger charge is -2.15. The van der Waals surface area contributed by atoms with Crippen LogP contribution in [-0.2, 0) is 11.3 Å². The van der Waals surface area contributed by atoms with Gasteiger partial charge in [0.25, 0.3) is 5.91 Å². The number of halogens is 1. The van der Waals surface area contributed by atoms with Gasteiger partial charge in [-0.3, -0.25) is 9.59 Å². The van der Waals surface area contributed by atoms with Gasteiger partial charge >= 0.3 is 0 Å². The number of nitrogens with one attached hydrogen (secondary N) is 2. The molecule has 8 nitrogen and oxygen atoms in total. The first kappa shape index (κ1) is 25.6. The number of thioether (sulfide) groups is 1. The van der Waals surface area contributed by atoms with E-state index in [1.165, 1.54) is 23.1 Å². The standard InChI is InChI=1S/C25H23ClN6O2S2/c1-3-13-32-22(16(2)27-23(34)18-11-7-8-12-19(18)26)30-31-25(32)36-15-21(33)29-24-28-20(14-35-24)17-9-5-4-6-10-17/h3-12,14,16H,1,13,15H2,2H3,(H,27,34)(H,28,29,33)/t16-/m0/s1. The number of hydrogen-bond acceptors (Lipinski definition) is 7. The highest BCUT2D eigenvalue weighted by atomic mass is 35.5. The second-order valence-corrected chi connectivity index (χ2v) is 9.86. The number of rotatable bonds is 10. The van der Waals surface area contributed by atoms with Gasteiger partial charge in [-0.05, 0) is 19.1 Å². The quantitative estimate of drug-likeness (QED) is 0.205. The molecule has 2 aromatic heterocycles. The number of nitrogens with zero attached hydrogens (tertiary/aromatic N) is 4. The molecule has 11 heteroatoms. The average molecular weight is 539 g/mol. The number of anilines is 1. The number of allylic oxidation sites excluding steroid dienone is 1. The van der Waals surface area contributed by atoms with Gasteiger partial charge in [-0.15, -0.1) is 28.1 Å². The summed E-state index contributed by atoms with van der Waals surface area (Å²) < 4.78 is 1.82. The number of carbonyl (C=O) groups excluding carboxylic acids is 2. The van der Waals surface area contributed by atoms with E-state index in [9.17, 15) is 9.59 Å². The maximum Gasteiger partial charge on any atom is 0.253 e. The minimum Gasteiger partial charge on any atom is -0.342 e. The average Bonchev–Trinajstić information content (AvgIpc) is 3.51. The molecule has 0 bridgehead atoms. The van der Waals surface area contributed by atoms with Crippen LogP contribution in [0.1, 0.15) is 29.1 Å². The minimum absolute atomic E-state index is 0.121. The molecule has 0 aliphatic carbocycles. The summed E-state index contributed by atoms with van der Waals surface area (Å²) in [6, 6.07) is 16.2. The zero-order chi connectivity index (χ0) is 25.5. The Morgan fingerprint density at radius 1 is 1.17 bits per heavy atom. The fourth-order valence-corrected chi connectivity index (χ4v) is 5.08. The molecule has 2 heterocycles. The molecule has 0 aliphatic rings. The van der Waals surface area contributed by atoms with Gasteiger partial charge in [0.15, 0.2) is 16.1 Å². The summed E-state index contributed by atoms with van der Waals surface area (Å²) in [4.78, 5) is 29.7. The molecule has 1 atom stereocenters. The summed E-state index contributed by atoms with van der Waals surface area (Å²) >= 11 is 8.76. The smallest absolute Gasteiger partial charge is 0.253 e. The first-order chi connectivity index (χ1) is 17.5. The van der Waals surface area contributed by atoms with Gasteiger partial charge in [0.1, 0.15) is 0 Å². The van der Waals surface area contributed by atoms with Crippen molar-refractivity contribution in [2.75, 3.05) is 11.1 Å². The van der Waals surface area contributed by atoms with Crippen molar-refractivity contribution in [2.45, 2.75) is 24.7 Å². The largest absolute Gasteiger partial charge is 0.342 e. The molecule has 4 rings (SSSR count). The molecule has 0 unspecified atom stereocenters. The normalized spacial score (nSPS) is 11.6. The predicted molar refractivity (Wildman–Crippen MR) is 144 cm³/mol. The van der Waals surface area contributed by atoms with Crippen LogP contribution in [0.15, 0.2) is 77.8 Å². The summed E-state index contributed by atoms with van der Waals surface area (Å²) in [5.74, 6) is 0.151. The predicted octanol–water partition coefficient (Wildman–Crippen LogP) is 5.46. The van der Waals surface area contributed by atoms with Crippen molar-refractivity contribution in [1.82, 2.24) is 25.1 Å². The van der Waals surface area contributed by atoms with Crippen molar-refractivity contribution in [2.24, 2.45) is 0 Å².